The molecule has 0 aliphatic rings. The molecule has 0 radical (unpaired) electrons. The molecule has 1 aromatic rings. The van der Waals surface area contributed by atoms with Gasteiger partial charge < -0.3 is 9.84 Å². The second-order valence-electron chi connectivity index (χ2n) is 4.98. The molecule has 1 aromatic carbocycles. The van der Waals surface area contributed by atoms with Crippen molar-refractivity contribution in [1.82, 2.24) is 0 Å². The summed E-state index contributed by atoms with van der Waals surface area (Å²) in [5, 5.41) is 8.85. The molecule has 0 saturated heterocycles. The van der Waals surface area contributed by atoms with E-state index in [1.807, 2.05) is 13.8 Å². The van der Waals surface area contributed by atoms with Crippen LogP contribution in [-0.2, 0) is 11.3 Å². The third kappa shape index (κ3) is 3.92. The van der Waals surface area contributed by atoms with Gasteiger partial charge in [0.15, 0.2) is 0 Å². The van der Waals surface area contributed by atoms with Gasteiger partial charge in [-0.05, 0) is 23.5 Å². The van der Waals surface area contributed by atoms with Crippen LogP contribution < -0.4 is 0 Å². The van der Waals surface area contributed by atoms with Crippen molar-refractivity contribution in [3.8, 4) is 0 Å². The molecule has 0 aromatic heterocycles. The highest BCUT2D eigenvalue weighted by molar-refractivity contribution is 5.24. The number of hydrogen-bond donors (Lipinski definition) is 1. The molecular weight excluding hydrogens is 314 g/mol. The van der Waals surface area contributed by atoms with Crippen molar-refractivity contribution in [2.75, 3.05) is 0 Å². The molecule has 1 atom stereocenters. The maximum absolute atomic E-state index is 12.4. The Labute approximate surface area is 123 Å². The molecule has 1 N–H and O–H groups in total. The Balaban J connectivity index is 2.87. The monoisotopic (exact) mass is 330 g/mol. The molecule has 0 bridgehead atoms. The van der Waals surface area contributed by atoms with Crippen molar-refractivity contribution in [2.45, 2.75) is 50.9 Å². The van der Waals surface area contributed by atoms with Crippen LogP contribution in [0.5, 0.6) is 0 Å². The van der Waals surface area contributed by atoms with E-state index in [0.717, 1.165) is 12.0 Å². The first-order chi connectivity index (χ1) is 9.92. The highest BCUT2D eigenvalue weighted by Gasteiger charge is 2.72. The fourth-order valence-electron chi connectivity index (χ4n) is 1.69. The van der Waals surface area contributed by atoms with Crippen LogP contribution in [0.25, 0.3) is 0 Å². The summed E-state index contributed by atoms with van der Waals surface area (Å²) in [7, 11) is 0. The van der Waals surface area contributed by atoms with Crippen LogP contribution in [0.15, 0.2) is 24.3 Å². The standard InChI is InChI=1S/C14H16F6O2/c1-3-9(2)11-6-4-10(5-7-11)8-22-12(21,13(15,16)17)14(18,19)20/h4-7,9,21H,3,8H2,1-2H3. The fourth-order valence-corrected chi connectivity index (χ4v) is 1.69. The largest absolute Gasteiger partial charge is 0.453 e. The van der Waals surface area contributed by atoms with Gasteiger partial charge in [-0.2, -0.15) is 26.3 Å². The molecule has 0 heterocycles. The van der Waals surface area contributed by atoms with E-state index in [1.165, 1.54) is 12.1 Å². The molecule has 1 rings (SSSR count). The van der Waals surface area contributed by atoms with Crippen LogP contribution in [0, 0.1) is 0 Å². The molecule has 0 fully saturated rings. The summed E-state index contributed by atoms with van der Waals surface area (Å²) in [6.07, 6.45) is -11.1. The van der Waals surface area contributed by atoms with E-state index in [2.05, 4.69) is 4.74 Å². The molecule has 22 heavy (non-hydrogen) atoms. The van der Waals surface area contributed by atoms with E-state index < -0.39 is 24.7 Å². The summed E-state index contributed by atoms with van der Waals surface area (Å²) >= 11 is 0. The first-order valence-corrected chi connectivity index (χ1v) is 6.51. The van der Waals surface area contributed by atoms with Crippen molar-refractivity contribution in [2.24, 2.45) is 0 Å². The minimum Gasteiger partial charge on any atom is -0.351 e. The lowest BCUT2D eigenvalue weighted by Gasteiger charge is -2.31. The van der Waals surface area contributed by atoms with Crippen molar-refractivity contribution in [3.05, 3.63) is 35.4 Å². The molecule has 0 aliphatic carbocycles. The van der Waals surface area contributed by atoms with Gasteiger partial charge >= 0.3 is 18.1 Å². The van der Waals surface area contributed by atoms with Crippen molar-refractivity contribution in [3.63, 3.8) is 0 Å². The van der Waals surface area contributed by atoms with E-state index in [9.17, 15) is 26.3 Å². The van der Waals surface area contributed by atoms with Crippen LogP contribution in [-0.4, -0.2) is 23.2 Å². The molecule has 0 saturated carbocycles. The summed E-state index contributed by atoms with van der Waals surface area (Å²) in [4.78, 5) is 0. The predicted octanol–water partition coefficient (Wildman–Crippen LogP) is 4.53. The van der Waals surface area contributed by atoms with Gasteiger partial charge in [0.05, 0.1) is 6.61 Å². The van der Waals surface area contributed by atoms with Crippen LogP contribution in [0.1, 0.15) is 37.3 Å². The average molecular weight is 330 g/mol. The molecular formula is C14H16F6O2. The first kappa shape index (κ1) is 18.8. The lowest BCUT2D eigenvalue weighted by Crippen LogP contribution is -2.58. The summed E-state index contributed by atoms with van der Waals surface area (Å²) < 4.78 is 78.3. The smallest absolute Gasteiger partial charge is 0.351 e. The zero-order chi connectivity index (χ0) is 17.2. The van der Waals surface area contributed by atoms with Gasteiger partial charge in [0, 0.05) is 0 Å². The summed E-state index contributed by atoms with van der Waals surface area (Å²) in [5.41, 5.74) is 1.01. The summed E-state index contributed by atoms with van der Waals surface area (Å²) in [6.45, 7) is 2.88. The Bertz CT molecular complexity index is 464. The Kier molecular flexibility index (Phi) is 5.51. The zero-order valence-corrected chi connectivity index (χ0v) is 11.9. The van der Waals surface area contributed by atoms with Crippen LogP contribution >= 0.6 is 0 Å². The predicted molar refractivity (Wildman–Crippen MR) is 67.0 cm³/mol. The number of benzene rings is 1. The number of aliphatic hydroxyl groups is 1. The quantitative estimate of drug-likeness (QED) is 0.635. The van der Waals surface area contributed by atoms with Crippen LogP contribution in [0.4, 0.5) is 26.3 Å². The highest BCUT2D eigenvalue weighted by Crippen LogP contribution is 2.44. The zero-order valence-electron chi connectivity index (χ0n) is 11.9. The van der Waals surface area contributed by atoms with Gasteiger partial charge in [-0.25, -0.2) is 0 Å². The lowest BCUT2D eigenvalue weighted by molar-refractivity contribution is -0.460. The number of alkyl halides is 6. The average Bonchev–Trinajstić information content (AvgIpc) is 2.42. The highest BCUT2D eigenvalue weighted by atomic mass is 19.4. The summed E-state index contributed by atoms with van der Waals surface area (Å²) in [6, 6.07) is 5.95. The molecule has 1 unspecified atom stereocenters. The molecule has 8 heteroatoms. The second-order valence-corrected chi connectivity index (χ2v) is 4.98. The van der Waals surface area contributed by atoms with Crippen LogP contribution in [0.3, 0.4) is 0 Å². The minimum absolute atomic E-state index is 0.0963. The van der Waals surface area contributed by atoms with Crippen molar-refractivity contribution >= 4 is 0 Å². The minimum atomic E-state index is -5.98. The summed E-state index contributed by atoms with van der Waals surface area (Å²) in [5.74, 6) is -4.97. The van der Waals surface area contributed by atoms with E-state index in [1.54, 1.807) is 12.1 Å². The maximum Gasteiger partial charge on any atom is 0.453 e. The molecule has 0 amide bonds. The molecule has 126 valence electrons. The number of rotatable bonds is 5. The SMILES string of the molecule is CCC(C)c1ccc(COC(O)(C(F)(F)F)C(F)(F)F)cc1. The molecule has 0 spiro atoms. The molecule has 0 aliphatic heterocycles. The van der Waals surface area contributed by atoms with E-state index in [-0.39, 0.29) is 11.5 Å². The fraction of sp³-hybridized carbons (Fsp3) is 0.571. The molecule has 2 nitrogen and oxygen atoms in total. The Morgan fingerprint density at radius 1 is 1.00 bits per heavy atom. The van der Waals surface area contributed by atoms with Gasteiger partial charge in [-0.1, -0.05) is 38.1 Å². The lowest BCUT2D eigenvalue weighted by atomic mass is 9.98. The Morgan fingerprint density at radius 3 is 1.82 bits per heavy atom. The van der Waals surface area contributed by atoms with E-state index >= 15 is 0 Å². The third-order valence-electron chi connectivity index (χ3n) is 3.38. The number of halogens is 6. The van der Waals surface area contributed by atoms with Gasteiger partial charge in [-0.15, -0.1) is 0 Å². The van der Waals surface area contributed by atoms with Gasteiger partial charge in [-0.3, -0.25) is 0 Å². The van der Waals surface area contributed by atoms with Gasteiger partial charge in [0.2, 0.25) is 0 Å². The first-order valence-electron chi connectivity index (χ1n) is 6.51. The van der Waals surface area contributed by atoms with Crippen molar-refractivity contribution in [1.29, 1.82) is 0 Å². The van der Waals surface area contributed by atoms with E-state index in [4.69, 9.17) is 5.11 Å². The Hall–Kier alpha value is -1.28. The third-order valence-corrected chi connectivity index (χ3v) is 3.38. The second kappa shape index (κ2) is 6.45. The number of ether oxygens (including phenoxy) is 1. The van der Waals surface area contributed by atoms with Crippen molar-refractivity contribution < 1.29 is 36.2 Å². The number of hydrogen-bond acceptors (Lipinski definition) is 2. The Morgan fingerprint density at radius 2 is 1.45 bits per heavy atom. The maximum atomic E-state index is 12.4. The van der Waals surface area contributed by atoms with Crippen LogP contribution in [0.2, 0.25) is 0 Å². The normalized spacial score (nSPS) is 15.0. The van der Waals surface area contributed by atoms with E-state index in [0.29, 0.717) is 0 Å². The topological polar surface area (TPSA) is 29.5 Å². The van der Waals surface area contributed by atoms with Gasteiger partial charge in [0.25, 0.3) is 0 Å². The van der Waals surface area contributed by atoms with Gasteiger partial charge in [0.1, 0.15) is 0 Å².